The van der Waals surface area contributed by atoms with Gasteiger partial charge in [-0.05, 0) is 24.1 Å². The second-order valence-electron chi connectivity index (χ2n) is 6.33. The van der Waals surface area contributed by atoms with Gasteiger partial charge in [-0.3, -0.25) is 4.79 Å². The van der Waals surface area contributed by atoms with Gasteiger partial charge < -0.3 is 20.3 Å². The van der Waals surface area contributed by atoms with Gasteiger partial charge in [0.25, 0.3) is 0 Å². The van der Waals surface area contributed by atoms with Crippen LogP contribution < -0.4 is 5.32 Å². The van der Waals surface area contributed by atoms with Crippen LogP contribution in [-0.4, -0.2) is 28.2 Å². The summed E-state index contributed by atoms with van der Waals surface area (Å²) in [6, 6.07) is 16.0. The molecule has 2 aromatic carbocycles. The Morgan fingerprint density at radius 1 is 1.12 bits per heavy atom. The van der Waals surface area contributed by atoms with Crippen LogP contribution in [0.1, 0.15) is 11.1 Å². The first-order valence-electron chi connectivity index (χ1n) is 8.66. The average Bonchev–Trinajstić information content (AvgIpc) is 3.24. The fourth-order valence-electron chi connectivity index (χ4n) is 3.41. The number of fused-ring (bicyclic) bond motifs is 2. The molecule has 4 rings (SSSR count). The number of aromatic nitrogens is 2. The third-order valence-electron chi connectivity index (χ3n) is 4.68. The van der Waals surface area contributed by atoms with Crippen LogP contribution in [0.3, 0.4) is 0 Å². The van der Waals surface area contributed by atoms with Crippen molar-refractivity contribution in [3.63, 3.8) is 0 Å². The number of hydrogen-bond donors (Lipinski definition) is 3. The Hall–Kier alpha value is -3.34. The smallest absolute Gasteiger partial charge is 0.239 e. The minimum absolute atomic E-state index is 0.0258. The van der Waals surface area contributed by atoms with Crippen LogP contribution in [-0.2, 0) is 17.8 Å². The first-order chi connectivity index (χ1) is 12.8. The quantitative estimate of drug-likeness (QED) is 0.460. The summed E-state index contributed by atoms with van der Waals surface area (Å²) in [6.45, 7) is 0.847. The van der Waals surface area contributed by atoms with E-state index in [9.17, 15) is 4.79 Å². The molecule has 0 saturated carbocycles. The highest BCUT2D eigenvalue weighted by molar-refractivity contribution is 5.99. The third kappa shape index (κ3) is 2.99. The molecule has 130 valence electrons. The minimum atomic E-state index is -0.0258. The molecule has 0 saturated heterocycles. The van der Waals surface area contributed by atoms with Gasteiger partial charge in [-0.15, -0.1) is 0 Å². The number of nitrogens with one attached hydrogen (secondary N) is 3. The van der Waals surface area contributed by atoms with Crippen molar-refractivity contribution in [2.45, 2.75) is 13.0 Å². The molecule has 26 heavy (non-hydrogen) atoms. The molecule has 0 fully saturated rings. The molecular weight excluding hydrogens is 324 g/mol. The molecule has 1 amide bonds. The fourth-order valence-corrected chi connectivity index (χ4v) is 3.41. The van der Waals surface area contributed by atoms with Gasteiger partial charge in [0.2, 0.25) is 5.91 Å². The lowest BCUT2D eigenvalue weighted by molar-refractivity contribution is -0.121. The van der Waals surface area contributed by atoms with Crippen LogP contribution in [0.2, 0.25) is 0 Å². The fraction of sp³-hybridized carbons (Fsp3) is 0.143. The van der Waals surface area contributed by atoms with E-state index in [-0.39, 0.29) is 12.5 Å². The summed E-state index contributed by atoms with van der Waals surface area (Å²) < 4.78 is 1.90. The van der Waals surface area contributed by atoms with Crippen LogP contribution in [0.15, 0.2) is 60.9 Å². The van der Waals surface area contributed by atoms with Crippen molar-refractivity contribution in [1.29, 1.82) is 5.41 Å². The lowest BCUT2D eigenvalue weighted by Crippen LogP contribution is -2.29. The highest BCUT2D eigenvalue weighted by atomic mass is 16.1. The molecule has 0 atom stereocenters. The second kappa shape index (κ2) is 6.88. The molecule has 5 nitrogen and oxygen atoms in total. The van der Waals surface area contributed by atoms with Crippen LogP contribution in [0.4, 0.5) is 0 Å². The van der Waals surface area contributed by atoms with Gasteiger partial charge >= 0.3 is 0 Å². The molecule has 2 aromatic heterocycles. The number of aromatic amines is 1. The number of nitrogens with zero attached hydrogens (tertiary/aromatic N) is 1. The van der Waals surface area contributed by atoms with E-state index in [1.54, 1.807) is 0 Å². The normalized spacial score (nSPS) is 11.1. The van der Waals surface area contributed by atoms with Crippen molar-refractivity contribution >= 4 is 33.9 Å². The van der Waals surface area contributed by atoms with E-state index in [4.69, 9.17) is 5.41 Å². The first-order valence-corrected chi connectivity index (χ1v) is 8.66. The number of amides is 1. The zero-order valence-corrected chi connectivity index (χ0v) is 14.3. The maximum Gasteiger partial charge on any atom is 0.239 e. The molecule has 0 unspecified atom stereocenters. The summed E-state index contributed by atoms with van der Waals surface area (Å²) in [6.07, 6.45) is 5.98. The Morgan fingerprint density at radius 3 is 2.73 bits per heavy atom. The summed E-state index contributed by atoms with van der Waals surface area (Å²) in [4.78, 5) is 15.6. The number of H-pyrrole nitrogens is 1. The number of hydrogen-bond acceptors (Lipinski definition) is 2. The summed E-state index contributed by atoms with van der Waals surface area (Å²) in [5.41, 5.74) is 4.12. The Balaban J connectivity index is 1.41. The Labute approximate surface area is 151 Å². The molecule has 0 aliphatic heterocycles. The highest BCUT2D eigenvalue weighted by Gasteiger charge is 2.10. The molecule has 0 aliphatic rings. The Bertz CT molecular complexity index is 1090. The summed E-state index contributed by atoms with van der Waals surface area (Å²) >= 11 is 0. The SMILES string of the molecule is N=Cc1cn(CC(=O)NCCc2c[nH]c3ccccc23)c2ccccc12. The molecule has 5 heteroatoms. The van der Waals surface area contributed by atoms with Crippen LogP contribution in [0.25, 0.3) is 21.8 Å². The third-order valence-corrected chi connectivity index (χ3v) is 4.68. The monoisotopic (exact) mass is 344 g/mol. The van der Waals surface area contributed by atoms with Crippen molar-refractivity contribution in [3.05, 3.63) is 72.1 Å². The maximum atomic E-state index is 12.3. The number of carbonyl (C=O) groups is 1. The van der Waals surface area contributed by atoms with E-state index < -0.39 is 0 Å². The molecular formula is C21H20N4O. The average molecular weight is 344 g/mol. The topological polar surface area (TPSA) is 73.7 Å². The van der Waals surface area contributed by atoms with E-state index in [0.717, 1.165) is 28.4 Å². The van der Waals surface area contributed by atoms with Gasteiger partial charge in [0.1, 0.15) is 6.54 Å². The van der Waals surface area contributed by atoms with Gasteiger partial charge in [0.15, 0.2) is 0 Å². The Kier molecular flexibility index (Phi) is 4.27. The standard InChI is InChI=1S/C21H20N4O/c22-11-16-13-25(20-8-4-2-6-18(16)20)14-21(26)23-10-9-15-12-24-19-7-3-1-5-17(15)19/h1-8,11-13,22,24H,9-10,14H2,(H,23,26). The number of benzene rings is 2. The summed E-state index contributed by atoms with van der Waals surface area (Å²) in [7, 11) is 0. The summed E-state index contributed by atoms with van der Waals surface area (Å²) in [5, 5.41) is 12.7. The van der Waals surface area contributed by atoms with E-state index in [1.165, 1.54) is 17.2 Å². The van der Waals surface area contributed by atoms with Crippen LogP contribution in [0.5, 0.6) is 0 Å². The molecule has 2 heterocycles. The van der Waals surface area contributed by atoms with Crippen LogP contribution >= 0.6 is 0 Å². The molecule has 0 radical (unpaired) electrons. The second-order valence-corrected chi connectivity index (χ2v) is 6.33. The maximum absolute atomic E-state index is 12.3. The molecule has 0 bridgehead atoms. The minimum Gasteiger partial charge on any atom is -0.361 e. The van der Waals surface area contributed by atoms with E-state index >= 15 is 0 Å². The predicted molar refractivity (Wildman–Crippen MR) is 105 cm³/mol. The molecule has 4 aromatic rings. The van der Waals surface area contributed by atoms with Crippen molar-refractivity contribution in [1.82, 2.24) is 14.9 Å². The molecule has 3 N–H and O–H groups in total. The Morgan fingerprint density at radius 2 is 1.88 bits per heavy atom. The molecule has 0 spiro atoms. The lowest BCUT2D eigenvalue weighted by Gasteiger charge is -2.07. The number of carbonyl (C=O) groups excluding carboxylic acids is 1. The number of rotatable bonds is 6. The van der Waals surface area contributed by atoms with Gasteiger partial charge in [-0.2, -0.15) is 0 Å². The number of para-hydroxylation sites is 2. The lowest BCUT2D eigenvalue weighted by atomic mass is 10.1. The zero-order valence-electron chi connectivity index (χ0n) is 14.3. The summed E-state index contributed by atoms with van der Waals surface area (Å²) in [5.74, 6) is -0.0258. The van der Waals surface area contributed by atoms with Gasteiger partial charge in [0, 0.05) is 52.5 Å². The largest absolute Gasteiger partial charge is 0.361 e. The van der Waals surface area contributed by atoms with Crippen LogP contribution in [0, 0.1) is 5.41 Å². The van der Waals surface area contributed by atoms with Crippen molar-refractivity contribution in [3.8, 4) is 0 Å². The van der Waals surface area contributed by atoms with Crippen molar-refractivity contribution in [2.24, 2.45) is 0 Å². The van der Waals surface area contributed by atoms with E-state index in [2.05, 4.69) is 22.4 Å². The van der Waals surface area contributed by atoms with Gasteiger partial charge in [-0.1, -0.05) is 36.4 Å². The zero-order chi connectivity index (χ0) is 17.9. The van der Waals surface area contributed by atoms with Crippen molar-refractivity contribution in [2.75, 3.05) is 6.54 Å². The van der Waals surface area contributed by atoms with E-state index in [1.807, 2.05) is 53.4 Å². The first kappa shape index (κ1) is 16.1. The highest BCUT2D eigenvalue weighted by Crippen LogP contribution is 2.20. The van der Waals surface area contributed by atoms with Gasteiger partial charge in [-0.25, -0.2) is 0 Å². The molecule has 0 aliphatic carbocycles. The predicted octanol–water partition coefficient (Wildman–Crippen LogP) is 3.48. The van der Waals surface area contributed by atoms with Crippen molar-refractivity contribution < 1.29 is 4.79 Å². The van der Waals surface area contributed by atoms with E-state index in [0.29, 0.717) is 6.54 Å². The van der Waals surface area contributed by atoms with Gasteiger partial charge in [0.05, 0.1) is 0 Å².